The van der Waals surface area contributed by atoms with Crippen LogP contribution >= 0.6 is 11.6 Å². The molecule has 3 nitrogen and oxygen atoms in total. The Kier molecular flexibility index (Phi) is 4.86. The number of hydrogen-bond acceptors (Lipinski definition) is 2. The molecular formula is C17H17ClO3. The maximum atomic E-state index is 11.4. The van der Waals surface area contributed by atoms with Crippen molar-refractivity contribution in [1.29, 1.82) is 0 Å². The number of aryl methyl sites for hydroxylation is 1. The van der Waals surface area contributed by atoms with Crippen molar-refractivity contribution < 1.29 is 14.6 Å². The Balaban J connectivity index is 2.20. The van der Waals surface area contributed by atoms with Crippen molar-refractivity contribution in [3.63, 3.8) is 0 Å². The third-order valence-corrected chi connectivity index (χ3v) is 3.74. The fourth-order valence-electron chi connectivity index (χ4n) is 2.11. The first kappa shape index (κ1) is 15.4. The summed E-state index contributed by atoms with van der Waals surface area (Å²) in [5.74, 6) is -0.432. The molecule has 0 saturated carbocycles. The Morgan fingerprint density at radius 2 is 1.95 bits per heavy atom. The molecule has 0 amide bonds. The maximum absolute atomic E-state index is 11.4. The first-order valence-corrected chi connectivity index (χ1v) is 7.05. The van der Waals surface area contributed by atoms with Gasteiger partial charge in [0.2, 0.25) is 0 Å². The molecule has 1 unspecified atom stereocenters. The quantitative estimate of drug-likeness (QED) is 0.907. The van der Waals surface area contributed by atoms with Crippen LogP contribution in [0.5, 0.6) is 5.75 Å². The molecule has 0 saturated heterocycles. The minimum atomic E-state index is -0.990. The number of benzene rings is 2. The van der Waals surface area contributed by atoms with Gasteiger partial charge in [-0.2, -0.15) is 0 Å². The van der Waals surface area contributed by atoms with Crippen LogP contribution in [-0.2, 0) is 11.2 Å². The summed E-state index contributed by atoms with van der Waals surface area (Å²) in [6, 6.07) is 12.8. The summed E-state index contributed by atoms with van der Waals surface area (Å²) in [7, 11) is 0. The van der Waals surface area contributed by atoms with Gasteiger partial charge in [-0.15, -0.1) is 0 Å². The molecule has 4 heteroatoms. The Bertz CT molecular complexity index is 652. The Labute approximate surface area is 129 Å². The molecule has 0 aliphatic carbocycles. The minimum Gasteiger partial charge on any atom is -0.478 e. The lowest BCUT2D eigenvalue weighted by atomic mass is 10.0. The number of rotatable bonds is 5. The Morgan fingerprint density at radius 3 is 2.62 bits per heavy atom. The zero-order valence-corrected chi connectivity index (χ0v) is 12.7. The molecule has 0 aliphatic heterocycles. The fourth-order valence-corrected chi connectivity index (χ4v) is 2.30. The molecule has 0 fully saturated rings. The maximum Gasteiger partial charge on any atom is 0.345 e. The van der Waals surface area contributed by atoms with Gasteiger partial charge in [-0.05, 0) is 48.7 Å². The molecule has 0 aliphatic rings. The SMILES string of the molecule is Cc1cccc(OC(Cc2cccc(Cl)c2C)C(=O)O)c1. The molecule has 0 aromatic heterocycles. The first-order valence-electron chi connectivity index (χ1n) is 6.67. The molecule has 2 aromatic rings. The average molecular weight is 305 g/mol. The van der Waals surface area contributed by atoms with E-state index in [4.69, 9.17) is 16.3 Å². The van der Waals surface area contributed by atoms with Crippen molar-refractivity contribution in [3.05, 3.63) is 64.2 Å². The number of carboxylic acid groups (broad SMARTS) is 1. The summed E-state index contributed by atoms with van der Waals surface area (Å²) in [4.78, 5) is 11.4. The second kappa shape index (κ2) is 6.64. The van der Waals surface area contributed by atoms with Crippen LogP contribution in [0.3, 0.4) is 0 Å². The Morgan fingerprint density at radius 1 is 1.24 bits per heavy atom. The van der Waals surface area contributed by atoms with Crippen LogP contribution in [0.1, 0.15) is 16.7 Å². The van der Waals surface area contributed by atoms with Crippen LogP contribution < -0.4 is 4.74 Å². The number of carbonyl (C=O) groups is 1. The topological polar surface area (TPSA) is 46.5 Å². The van der Waals surface area contributed by atoms with Crippen molar-refractivity contribution in [2.45, 2.75) is 26.4 Å². The van der Waals surface area contributed by atoms with Gasteiger partial charge in [0.1, 0.15) is 5.75 Å². The van der Waals surface area contributed by atoms with Gasteiger partial charge in [-0.1, -0.05) is 35.9 Å². The van der Waals surface area contributed by atoms with Crippen molar-refractivity contribution >= 4 is 17.6 Å². The van der Waals surface area contributed by atoms with E-state index in [1.807, 2.05) is 44.2 Å². The summed E-state index contributed by atoms with van der Waals surface area (Å²) in [6.45, 7) is 3.81. The second-order valence-corrected chi connectivity index (χ2v) is 5.40. The minimum absolute atomic E-state index is 0.273. The number of carboxylic acids is 1. The largest absolute Gasteiger partial charge is 0.478 e. The molecular weight excluding hydrogens is 288 g/mol. The standard InChI is InChI=1S/C17H17ClO3/c1-11-5-3-7-14(9-11)21-16(17(19)20)10-13-6-4-8-15(18)12(13)2/h3-9,16H,10H2,1-2H3,(H,19,20). The van der Waals surface area contributed by atoms with E-state index >= 15 is 0 Å². The van der Waals surface area contributed by atoms with Gasteiger partial charge >= 0.3 is 5.97 Å². The van der Waals surface area contributed by atoms with E-state index in [0.29, 0.717) is 10.8 Å². The normalized spacial score (nSPS) is 12.0. The van der Waals surface area contributed by atoms with Crippen molar-refractivity contribution in [2.75, 3.05) is 0 Å². The summed E-state index contributed by atoms with van der Waals surface area (Å²) < 4.78 is 5.61. The molecule has 1 N–H and O–H groups in total. The summed E-state index contributed by atoms with van der Waals surface area (Å²) in [5.41, 5.74) is 2.79. The smallest absolute Gasteiger partial charge is 0.345 e. The van der Waals surface area contributed by atoms with Gasteiger partial charge in [0.05, 0.1) is 0 Å². The Hall–Kier alpha value is -2.00. The van der Waals surface area contributed by atoms with Crippen molar-refractivity contribution in [2.24, 2.45) is 0 Å². The third kappa shape index (κ3) is 3.99. The highest BCUT2D eigenvalue weighted by atomic mass is 35.5. The van der Waals surface area contributed by atoms with Crippen LogP contribution in [-0.4, -0.2) is 17.2 Å². The predicted octanol–water partition coefficient (Wildman–Crippen LogP) is 4.03. The summed E-state index contributed by atoms with van der Waals surface area (Å²) >= 11 is 6.07. The molecule has 21 heavy (non-hydrogen) atoms. The number of ether oxygens (including phenoxy) is 1. The van der Waals surface area contributed by atoms with Crippen LogP contribution in [0.4, 0.5) is 0 Å². The first-order chi connectivity index (χ1) is 9.97. The second-order valence-electron chi connectivity index (χ2n) is 4.99. The predicted molar refractivity (Wildman–Crippen MR) is 83.1 cm³/mol. The van der Waals surface area contributed by atoms with E-state index in [1.54, 1.807) is 12.1 Å². The summed E-state index contributed by atoms with van der Waals surface area (Å²) in [6.07, 6.45) is -0.667. The zero-order chi connectivity index (χ0) is 15.4. The molecule has 110 valence electrons. The van der Waals surface area contributed by atoms with E-state index in [9.17, 15) is 9.90 Å². The van der Waals surface area contributed by atoms with Gasteiger partial charge in [-0.25, -0.2) is 4.79 Å². The van der Waals surface area contributed by atoms with E-state index in [0.717, 1.165) is 16.7 Å². The number of hydrogen-bond donors (Lipinski definition) is 1. The molecule has 0 heterocycles. The van der Waals surface area contributed by atoms with Gasteiger partial charge in [0.25, 0.3) is 0 Å². The lowest BCUT2D eigenvalue weighted by Gasteiger charge is -2.17. The third-order valence-electron chi connectivity index (χ3n) is 3.33. The van der Waals surface area contributed by atoms with E-state index in [2.05, 4.69) is 0 Å². The molecule has 0 bridgehead atoms. The monoisotopic (exact) mass is 304 g/mol. The van der Waals surface area contributed by atoms with Gasteiger partial charge < -0.3 is 9.84 Å². The van der Waals surface area contributed by atoms with Gasteiger partial charge in [0, 0.05) is 11.4 Å². The lowest BCUT2D eigenvalue weighted by Crippen LogP contribution is -2.29. The summed E-state index contributed by atoms with van der Waals surface area (Å²) in [5, 5.41) is 10.00. The molecule has 1 atom stereocenters. The van der Waals surface area contributed by atoms with Gasteiger partial charge in [-0.3, -0.25) is 0 Å². The average Bonchev–Trinajstić information content (AvgIpc) is 2.43. The highest BCUT2D eigenvalue weighted by Gasteiger charge is 2.21. The van der Waals surface area contributed by atoms with Crippen molar-refractivity contribution in [1.82, 2.24) is 0 Å². The van der Waals surface area contributed by atoms with Crippen molar-refractivity contribution in [3.8, 4) is 5.75 Å². The fraction of sp³-hybridized carbons (Fsp3) is 0.235. The lowest BCUT2D eigenvalue weighted by molar-refractivity contribution is -0.145. The van der Waals surface area contributed by atoms with Gasteiger partial charge in [0.15, 0.2) is 6.10 Å². The van der Waals surface area contributed by atoms with Crippen LogP contribution in [0.2, 0.25) is 5.02 Å². The molecule has 2 rings (SSSR count). The zero-order valence-electron chi connectivity index (χ0n) is 12.0. The van der Waals surface area contributed by atoms with E-state index in [-0.39, 0.29) is 6.42 Å². The molecule has 0 spiro atoms. The highest BCUT2D eigenvalue weighted by molar-refractivity contribution is 6.31. The number of halogens is 1. The number of aliphatic carboxylic acids is 1. The van der Waals surface area contributed by atoms with E-state index < -0.39 is 12.1 Å². The molecule has 0 radical (unpaired) electrons. The molecule has 2 aromatic carbocycles. The van der Waals surface area contributed by atoms with Crippen LogP contribution in [0, 0.1) is 13.8 Å². The van der Waals surface area contributed by atoms with Crippen LogP contribution in [0.15, 0.2) is 42.5 Å². The van der Waals surface area contributed by atoms with E-state index in [1.165, 1.54) is 0 Å². The highest BCUT2D eigenvalue weighted by Crippen LogP contribution is 2.22. The van der Waals surface area contributed by atoms with Crippen LogP contribution in [0.25, 0.3) is 0 Å².